The van der Waals surface area contributed by atoms with E-state index in [0.717, 1.165) is 26.2 Å². The van der Waals surface area contributed by atoms with E-state index in [1.807, 2.05) is 9.80 Å². The molecule has 4 atom stereocenters. The average Bonchev–Trinajstić information content (AvgIpc) is 2.42. The first-order valence-electron chi connectivity index (χ1n) is 8.90. The van der Waals surface area contributed by atoms with Gasteiger partial charge in [0.1, 0.15) is 0 Å². The number of carbonyl (C=O) groups is 2. The molecule has 0 aromatic rings. The molecule has 0 N–H and O–H groups in total. The van der Waals surface area contributed by atoms with Gasteiger partial charge in [-0.15, -0.1) is 0 Å². The van der Waals surface area contributed by atoms with Crippen LogP contribution in [0.25, 0.3) is 0 Å². The van der Waals surface area contributed by atoms with E-state index in [1.54, 1.807) is 0 Å². The molecule has 0 spiro atoms. The molecule has 0 aromatic heterocycles. The Hall–Kier alpha value is -1.06. The zero-order valence-corrected chi connectivity index (χ0v) is 14.7. The summed E-state index contributed by atoms with van der Waals surface area (Å²) in [5.41, 5.74) is 0. The van der Waals surface area contributed by atoms with Crippen molar-refractivity contribution < 1.29 is 9.59 Å². The van der Waals surface area contributed by atoms with Gasteiger partial charge in [-0.1, -0.05) is 27.7 Å². The molecule has 2 saturated heterocycles. The minimum atomic E-state index is 0.157. The monoisotopic (exact) mass is 308 g/mol. The number of likely N-dealkylation sites (tertiary alicyclic amines) is 2. The quantitative estimate of drug-likeness (QED) is 0.804. The highest BCUT2D eigenvalue weighted by Gasteiger charge is 2.28. The lowest BCUT2D eigenvalue weighted by molar-refractivity contribution is -0.139. The lowest BCUT2D eigenvalue weighted by Crippen LogP contribution is -2.44. The van der Waals surface area contributed by atoms with Crippen LogP contribution in [0.3, 0.4) is 0 Å². The normalized spacial score (nSPS) is 32.9. The summed E-state index contributed by atoms with van der Waals surface area (Å²) in [5.74, 6) is 2.62. The molecule has 0 bridgehead atoms. The van der Waals surface area contributed by atoms with E-state index in [4.69, 9.17) is 0 Å². The van der Waals surface area contributed by atoms with E-state index in [0.29, 0.717) is 36.5 Å². The fourth-order valence-electron chi connectivity index (χ4n) is 4.26. The van der Waals surface area contributed by atoms with Gasteiger partial charge in [0.05, 0.1) is 0 Å². The number of nitrogens with zero attached hydrogens (tertiary/aromatic N) is 2. The summed E-state index contributed by atoms with van der Waals surface area (Å²) in [6.45, 7) is 12.2. The molecule has 0 unspecified atom stereocenters. The van der Waals surface area contributed by atoms with Crippen molar-refractivity contribution in [2.75, 3.05) is 26.2 Å². The molecule has 2 aliphatic rings. The fourth-order valence-corrected chi connectivity index (χ4v) is 4.26. The second-order valence-corrected chi connectivity index (χ2v) is 7.99. The summed E-state index contributed by atoms with van der Waals surface area (Å²) in [6, 6.07) is 0. The van der Waals surface area contributed by atoms with Crippen molar-refractivity contribution in [3.63, 3.8) is 0 Å². The highest BCUT2D eigenvalue weighted by Crippen LogP contribution is 2.23. The van der Waals surface area contributed by atoms with Gasteiger partial charge in [-0.2, -0.15) is 0 Å². The zero-order chi connectivity index (χ0) is 16.3. The minimum Gasteiger partial charge on any atom is -0.342 e. The molecule has 0 radical (unpaired) electrons. The van der Waals surface area contributed by atoms with Crippen LogP contribution in [0.1, 0.15) is 53.4 Å². The van der Waals surface area contributed by atoms with Gasteiger partial charge in [-0.3, -0.25) is 9.59 Å². The van der Waals surface area contributed by atoms with Crippen LogP contribution in [-0.2, 0) is 9.59 Å². The van der Waals surface area contributed by atoms with Gasteiger partial charge >= 0.3 is 0 Å². The molecule has 0 aromatic carbocycles. The molecule has 2 amide bonds. The van der Waals surface area contributed by atoms with E-state index in [2.05, 4.69) is 27.7 Å². The Morgan fingerprint density at radius 1 is 0.682 bits per heavy atom. The van der Waals surface area contributed by atoms with Gasteiger partial charge in [0, 0.05) is 39.0 Å². The Kier molecular flexibility index (Phi) is 5.87. The molecule has 126 valence electrons. The van der Waals surface area contributed by atoms with Crippen molar-refractivity contribution in [2.45, 2.75) is 53.4 Å². The highest BCUT2D eigenvalue weighted by molar-refractivity contribution is 5.84. The molecule has 2 aliphatic heterocycles. The van der Waals surface area contributed by atoms with E-state index in [9.17, 15) is 9.59 Å². The molecule has 0 saturated carbocycles. The molecule has 2 rings (SSSR count). The van der Waals surface area contributed by atoms with E-state index in [-0.39, 0.29) is 11.8 Å². The largest absolute Gasteiger partial charge is 0.342 e. The molecule has 2 heterocycles. The van der Waals surface area contributed by atoms with Crippen molar-refractivity contribution in [3.05, 3.63) is 0 Å². The van der Waals surface area contributed by atoms with E-state index < -0.39 is 0 Å². The molecule has 22 heavy (non-hydrogen) atoms. The Morgan fingerprint density at radius 3 is 1.23 bits per heavy atom. The first-order valence-corrected chi connectivity index (χ1v) is 8.90. The van der Waals surface area contributed by atoms with E-state index >= 15 is 0 Å². The van der Waals surface area contributed by atoms with Crippen molar-refractivity contribution in [1.29, 1.82) is 0 Å². The smallest absolute Gasteiger partial charge is 0.223 e. The second-order valence-electron chi connectivity index (χ2n) is 7.99. The molecule has 0 aliphatic carbocycles. The summed E-state index contributed by atoms with van der Waals surface area (Å²) in [7, 11) is 0. The van der Waals surface area contributed by atoms with Gasteiger partial charge in [0.2, 0.25) is 11.8 Å². The molecule has 4 nitrogen and oxygen atoms in total. The van der Waals surface area contributed by atoms with Crippen LogP contribution in [0.5, 0.6) is 0 Å². The summed E-state index contributed by atoms with van der Waals surface area (Å²) >= 11 is 0. The van der Waals surface area contributed by atoms with Crippen LogP contribution >= 0.6 is 0 Å². The number of hydrogen-bond acceptors (Lipinski definition) is 2. The molecule has 2 fully saturated rings. The third-order valence-corrected chi connectivity index (χ3v) is 5.00. The van der Waals surface area contributed by atoms with Crippen LogP contribution in [0.2, 0.25) is 0 Å². The van der Waals surface area contributed by atoms with Gasteiger partial charge < -0.3 is 9.80 Å². The summed E-state index contributed by atoms with van der Waals surface area (Å²) in [6.07, 6.45) is 3.15. The second kappa shape index (κ2) is 7.47. The molecular formula is C18H32N2O2. The standard InChI is InChI=1S/C18H32N2O2/c1-13-7-14(2)10-19(9-13)17(21)5-6-18(22)20-11-15(3)8-16(4)12-20/h13-16H,5-12H2,1-4H3/t13-,14-,15-,16-/m1/s1. The van der Waals surface area contributed by atoms with Gasteiger partial charge in [0.15, 0.2) is 0 Å². The molecular weight excluding hydrogens is 276 g/mol. The lowest BCUT2D eigenvalue weighted by atomic mass is 9.91. The first-order chi connectivity index (χ1) is 10.3. The Bertz CT molecular complexity index is 352. The number of carbonyl (C=O) groups excluding carboxylic acids is 2. The van der Waals surface area contributed by atoms with Crippen molar-refractivity contribution >= 4 is 11.8 Å². The number of piperidine rings is 2. The van der Waals surface area contributed by atoms with Crippen LogP contribution in [0.15, 0.2) is 0 Å². The van der Waals surface area contributed by atoms with Crippen LogP contribution in [0, 0.1) is 23.7 Å². The maximum atomic E-state index is 12.4. The lowest BCUT2D eigenvalue weighted by Gasteiger charge is -2.36. The van der Waals surface area contributed by atoms with Crippen LogP contribution in [0.4, 0.5) is 0 Å². The average molecular weight is 308 g/mol. The van der Waals surface area contributed by atoms with Crippen LogP contribution in [-0.4, -0.2) is 47.8 Å². The SMILES string of the molecule is C[C@@H]1C[C@@H](C)CN(C(=O)CCC(=O)N2C[C@H](C)C[C@@H](C)C2)C1. The van der Waals surface area contributed by atoms with Crippen molar-refractivity contribution in [1.82, 2.24) is 9.80 Å². The highest BCUT2D eigenvalue weighted by atomic mass is 16.2. The van der Waals surface area contributed by atoms with Crippen molar-refractivity contribution in [2.24, 2.45) is 23.7 Å². The predicted molar refractivity (Wildman–Crippen MR) is 88.3 cm³/mol. The third-order valence-electron chi connectivity index (χ3n) is 5.00. The maximum absolute atomic E-state index is 12.4. The Morgan fingerprint density at radius 2 is 0.955 bits per heavy atom. The summed E-state index contributed by atoms with van der Waals surface area (Å²) < 4.78 is 0. The van der Waals surface area contributed by atoms with Crippen molar-refractivity contribution in [3.8, 4) is 0 Å². The van der Waals surface area contributed by atoms with Crippen LogP contribution < -0.4 is 0 Å². The first kappa shape index (κ1) is 17.3. The summed E-state index contributed by atoms with van der Waals surface area (Å²) in [5, 5.41) is 0. The van der Waals surface area contributed by atoms with E-state index in [1.165, 1.54) is 12.8 Å². The Labute approximate surface area is 135 Å². The van der Waals surface area contributed by atoms with Gasteiger partial charge in [0.25, 0.3) is 0 Å². The third kappa shape index (κ3) is 4.72. The number of hydrogen-bond donors (Lipinski definition) is 0. The minimum absolute atomic E-state index is 0.157. The zero-order valence-electron chi connectivity index (χ0n) is 14.7. The number of rotatable bonds is 3. The number of amides is 2. The van der Waals surface area contributed by atoms with Gasteiger partial charge in [-0.25, -0.2) is 0 Å². The van der Waals surface area contributed by atoms with Gasteiger partial charge in [-0.05, 0) is 36.5 Å². The topological polar surface area (TPSA) is 40.6 Å². The fraction of sp³-hybridized carbons (Fsp3) is 0.889. The summed E-state index contributed by atoms with van der Waals surface area (Å²) in [4.78, 5) is 28.7. The maximum Gasteiger partial charge on any atom is 0.223 e. The predicted octanol–water partition coefficient (Wildman–Crippen LogP) is 2.78. The molecule has 4 heteroatoms. The Balaban J connectivity index is 1.79.